The number of nitrogen functional groups attached to an aromatic ring is 1. The minimum absolute atomic E-state index is 0.523. The molecule has 3 aromatic rings. The Hall–Kier alpha value is -2.01. The second-order valence-corrected chi connectivity index (χ2v) is 6.35. The molecule has 1 heterocycles. The summed E-state index contributed by atoms with van der Waals surface area (Å²) >= 11 is 1.65. The zero-order valence-electron chi connectivity index (χ0n) is 11.6. The lowest BCUT2D eigenvalue weighted by Gasteiger charge is -2.06. The molecule has 1 aliphatic rings. The Morgan fingerprint density at radius 3 is 2.76 bits per heavy atom. The number of hydrogen-bond donors (Lipinski definition) is 1. The Morgan fingerprint density at radius 2 is 1.90 bits per heavy atom. The molecule has 1 aromatic heterocycles. The first-order chi connectivity index (χ1) is 10.3. The minimum atomic E-state index is 0.523. The van der Waals surface area contributed by atoms with Gasteiger partial charge in [-0.2, -0.15) is 0 Å². The van der Waals surface area contributed by atoms with Crippen LogP contribution in [0.2, 0.25) is 0 Å². The molecule has 0 amide bonds. The molecular formula is C16H16N4S. The number of hydrogen-bond acceptors (Lipinski definition) is 4. The molecule has 0 unspecified atom stereocenters. The van der Waals surface area contributed by atoms with Crippen molar-refractivity contribution in [3.05, 3.63) is 53.9 Å². The third kappa shape index (κ3) is 2.38. The number of rotatable bonds is 4. The van der Waals surface area contributed by atoms with Crippen LogP contribution in [-0.4, -0.2) is 14.9 Å². The lowest BCUT2D eigenvalue weighted by Crippen LogP contribution is -2.13. The summed E-state index contributed by atoms with van der Waals surface area (Å²) in [6, 6.07) is 14.8. The van der Waals surface area contributed by atoms with Gasteiger partial charge in [0.25, 0.3) is 0 Å². The third-order valence-corrected chi connectivity index (χ3v) is 4.86. The SMILES string of the molecule is Nn1c(SCc2cccc3ccccc23)nnc1C1CC1. The maximum atomic E-state index is 6.09. The molecule has 21 heavy (non-hydrogen) atoms. The molecule has 0 spiro atoms. The summed E-state index contributed by atoms with van der Waals surface area (Å²) in [5.41, 5.74) is 1.30. The molecule has 2 N–H and O–H groups in total. The molecule has 4 rings (SSSR count). The fourth-order valence-electron chi connectivity index (χ4n) is 2.57. The van der Waals surface area contributed by atoms with Gasteiger partial charge in [-0.25, -0.2) is 4.68 Å². The number of nitrogens with zero attached hydrogens (tertiary/aromatic N) is 3. The van der Waals surface area contributed by atoms with E-state index in [4.69, 9.17) is 5.84 Å². The van der Waals surface area contributed by atoms with Gasteiger partial charge in [0.1, 0.15) is 0 Å². The van der Waals surface area contributed by atoms with Crippen molar-refractivity contribution in [1.82, 2.24) is 14.9 Å². The predicted octanol–water partition coefficient (Wildman–Crippen LogP) is 3.31. The highest BCUT2D eigenvalue weighted by molar-refractivity contribution is 7.98. The average Bonchev–Trinajstić information content (AvgIpc) is 3.29. The van der Waals surface area contributed by atoms with E-state index in [1.54, 1.807) is 16.4 Å². The van der Waals surface area contributed by atoms with Crippen molar-refractivity contribution in [2.24, 2.45) is 0 Å². The summed E-state index contributed by atoms with van der Waals surface area (Å²) in [6.07, 6.45) is 2.37. The third-order valence-electron chi connectivity index (χ3n) is 3.87. The van der Waals surface area contributed by atoms with Gasteiger partial charge in [0, 0.05) is 11.7 Å². The lowest BCUT2D eigenvalue weighted by molar-refractivity contribution is 0.790. The summed E-state index contributed by atoms with van der Waals surface area (Å²) in [4.78, 5) is 0. The average molecular weight is 296 g/mol. The van der Waals surface area contributed by atoms with Crippen LogP contribution in [0.25, 0.3) is 10.8 Å². The normalized spacial score (nSPS) is 14.7. The summed E-state index contributed by atoms with van der Waals surface area (Å²) in [6.45, 7) is 0. The highest BCUT2D eigenvalue weighted by Gasteiger charge is 2.29. The molecule has 1 fully saturated rings. The van der Waals surface area contributed by atoms with E-state index in [0.29, 0.717) is 5.92 Å². The molecule has 106 valence electrons. The molecule has 1 aliphatic carbocycles. The van der Waals surface area contributed by atoms with Crippen LogP contribution < -0.4 is 5.84 Å². The van der Waals surface area contributed by atoms with Crippen LogP contribution in [0.1, 0.15) is 30.1 Å². The predicted molar refractivity (Wildman–Crippen MR) is 85.7 cm³/mol. The highest BCUT2D eigenvalue weighted by atomic mass is 32.2. The number of benzene rings is 2. The van der Waals surface area contributed by atoms with Crippen molar-refractivity contribution in [3.8, 4) is 0 Å². The fraction of sp³-hybridized carbons (Fsp3) is 0.250. The van der Waals surface area contributed by atoms with Crippen LogP contribution in [0.5, 0.6) is 0 Å². The van der Waals surface area contributed by atoms with E-state index >= 15 is 0 Å². The lowest BCUT2D eigenvalue weighted by atomic mass is 10.1. The van der Waals surface area contributed by atoms with Crippen molar-refractivity contribution in [2.45, 2.75) is 29.7 Å². The van der Waals surface area contributed by atoms with Crippen molar-refractivity contribution in [2.75, 3.05) is 5.84 Å². The van der Waals surface area contributed by atoms with Gasteiger partial charge < -0.3 is 5.84 Å². The van der Waals surface area contributed by atoms with Crippen LogP contribution in [0, 0.1) is 0 Å². The molecule has 0 aliphatic heterocycles. The van der Waals surface area contributed by atoms with Gasteiger partial charge in [0.2, 0.25) is 5.16 Å². The van der Waals surface area contributed by atoms with Crippen LogP contribution in [0.3, 0.4) is 0 Å². The quantitative estimate of drug-likeness (QED) is 0.593. The zero-order valence-corrected chi connectivity index (χ0v) is 12.4. The van der Waals surface area contributed by atoms with Crippen LogP contribution >= 0.6 is 11.8 Å². The van der Waals surface area contributed by atoms with Crippen LogP contribution in [0.15, 0.2) is 47.6 Å². The molecule has 0 bridgehead atoms. The Balaban J connectivity index is 1.58. The van der Waals surface area contributed by atoms with E-state index in [9.17, 15) is 0 Å². The van der Waals surface area contributed by atoms with Crippen molar-refractivity contribution in [1.29, 1.82) is 0 Å². The molecule has 0 radical (unpaired) electrons. The molecule has 0 saturated heterocycles. The molecule has 1 saturated carbocycles. The van der Waals surface area contributed by atoms with Gasteiger partial charge in [-0.15, -0.1) is 10.2 Å². The van der Waals surface area contributed by atoms with Crippen molar-refractivity contribution >= 4 is 22.5 Å². The van der Waals surface area contributed by atoms with Crippen molar-refractivity contribution < 1.29 is 0 Å². The Labute approximate surface area is 127 Å². The molecule has 5 heteroatoms. The highest BCUT2D eigenvalue weighted by Crippen LogP contribution is 2.39. The van der Waals surface area contributed by atoms with Gasteiger partial charge >= 0.3 is 0 Å². The number of aromatic nitrogens is 3. The first-order valence-electron chi connectivity index (χ1n) is 7.13. The van der Waals surface area contributed by atoms with E-state index in [1.165, 1.54) is 29.2 Å². The first kappa shape index (κ1) is 12.7. The smallest absolute Gasteiger partial charge is 0.210 e. The van der Waals surface area contributed by atoms with Gasteiger partial charge in [0.15, 0.2) is 5.82 Å². The Morgan fingerprint density at radius 1 is 1.10 bits per heavy atom. The fourth-order valence-corrected chi connectivity index (χ4v) is 3.43. The van der Waals surface area contributed by atoms with E-state index in [-0.39, 0.29) is 0 Å². The van der Waals surface area contributed by atoms with Gasteiger partial charge in [-0.05, 0) is 29.2 Å². The second kappa shape index (κ2) is 5.07. The summed E-state index contributed by atoms with van der Waals surface area (Å²) in [7, 11) is 0. The van der Waals surface area contributed by atoms with E-state index < -0.39 is 0 Å². The van der Waals surface area contributed by atoms with Crippen molar-refractivity contribution in [3.63, 3.8) is 0 Å². The monoisotopic (exact) mass is 296 g/mol. The molecule has 0 atom stereocenters. The van der Waals surface area contributed by atoms with E-state index in [0.717, 1.165) is 16.7 Å². The molecule has 4 nitrogen and oxygen atoms in total. The minimum Gasteiger partial charge on any atom is -0.336 e. The summed E-state index contributed by atoms with van der Waals surface area (Å²) < 4.78 is 1.66. The van der Waals surface area contributed by atoms with Gasteiger partial charge in [0.05, 0.1) is 0 Å². The van der Waals surface area contributed by atoms with E-state index in [2.05, 4.69) is 52.7 Å². The largest absolute Gasteiger partial charge is 0.336 e. The van der Waals surface area contributed by atoms with Crippen LogP contribution in [0.4, 0.5) is 0 Å². The Bertz CT molecular complexity index is 787. The van der Waals surface area contributed by atoms with E-state index in [1.807, 2.05) is 0 Å². The standard InChI is InChI=1S/C16H16N4S/c17-20-15(12-8-9-12)18-19-16(20)21-10-13-6-3-5-11-4-1-2-7-14(11)13/h1-7,12H,8-10,17H2. The molecular weight excluding hydrogens is 280 g/mol. The van der Waals surface area contributed by atoms with Gasteiger partial charge in [-0.3, -0.25) is 0 Å². The topological polar surface area (TPSA) is 56.7 Å². The maximum absolute atomic E-state index is 6.09. The summed E-state index contributed by atoms with van der Waals surface area (Å²) in [5, 5.41) is 11.8. The Kier molecular flexibility index (Phi) is 3.07. The second-order valence-electron chi connectivity index (χ2n) is 5.41. The van der Waals surface area contributed by atoms with Crippen LogP contribution in [-0.2, 0) is 5.75 Å². The summed E-state index contributed by atoms with van der Waals surface area (Å²) in [5.74, 6) is 8.39. The van der Waals surface area contributed by atoms with Gasteiger partial charge in [-0.1, -0.05) is 54.2 Å². The zero-order chi connectivity index (χ0) is 14.2. The molecule has 2 aromatic carbocycles. The number of nitrogens with two attached hydrogens (primary N) is 1. The number of thioether (sulfide) groups is 1. The number of fused-ring (bicyclic) bond motifs is 1. The maximum Gasteiger partial charge on any atom is 0.210 e. The first-order valence-corrected chi connectivity index (χ1v) is 8.11.